The van der Waals surface area contributed by atoms with Crippen molar-refractivity contribution in [3.8, 4) is 5.75 Å². The van der Waals surface area contributed by atoms with Crippen molar-refractivity contribution in [3.05, 3.63) is 24.8 Å². The molecule has 0 N–H and O–H groups in total. The van der Waals surface area contributed by atoms with E-state index in [1.54, 1.807) is 7.11 Å². The Morgan fingerprint density at radius 2 is 2.00 bits per heavy atom. The minimum absolute atomic E-state index is 1.02. The molecule has 1 aromatic carbocycles. The summed E-state index contributed by atoms with van der Waals surface area (Å²) in [6.07, 6.45) is 1.02. The molecular formula is C9H10I2O. The maximum Gasteiger partial charge on any atom is 0.135 e. The van der Waals surface area contributed by atoms with Crippen LogP contribution in [0.1, 0.15) is 12.5 Å². The van der Waals surface area contributed by atoms with Crippen LogP contribution in [0.2, 0.25) is 0 Å². The van der Waals surface area contributed by atoms with Crippen LogP contribution in [0.5, 0.6) is 5.75 Å². The third kappa shape index (κ3) is 2.25. The highest BCUT2D eigenvalue weighted by Crippen LogP contribution is 2.28. The third-order valence-corrected chi connectivity index (χ3v) is 3.09. The Bertz CT molecular complexity index is 284. The Kier molecular flexibility index (Phi) is 4.09. The predicted molar refractivity (Wildman–Crippen MR) is 67.8 cm³/mol. The lowest BCUT2D eigenvalue weighted by Gasteiger charge is -2.09. The Morgan fingerprint density at radius 1 is 1.33 bits per heavy atom. The summed E-state index contributed by atoms with van der Waals surface area (Å²) in [4.78, 5) is 0. The van der Waals surface area contributed by atoms with Crippen molar-refractivity contribution >= 4 is 45.2 Å². The Morgan fingerprint density at radius 3 is 2.50 bits per heavy atom. The molecule has 0 saturated heterocycles. The van der Waals surface area contributed by atoms with Crippen LogP contribution in [0.4, 0.5) is 0 Å². The van der Waals surface area contributed by atoms with E-state index in [0.717, 1.165) is 12.2 Å². The van der Waals surface area contributed by atoms with E-state index < -0.39 is 0 Å². The third-order valence-electron chi connectivity index (χ3n) is 1.67. The average Bonchev–Trinajstić information content (AvgIpc) is 2.03. The molecule has 12 heavy (non-hydrogen) atoms. The zero-order valence-electron chi connectivity index (χ0n) is 7.03. The average molecular weight is 388 g/mol. The van der Waals surface area contributed by atoms with Crippen molar-refractivity contribution in [1.29, 1.82) is 0 Å². The first kappa shape index (κ1) is 10.6. The topological polar surface area (TPSA) is 9.23 Å². The molecule has 1 aromatic rings. The van der Waals surface area contributed by atoms with Gasteiger partial charge in [0.25, 0.3) is 0 Å². The van der Waals surface area contributed by atoms with E-state index in [1.165, 1.54) is 12.7 Å². The molecule has 0 aliphatic rings. The summed E-state index contributed by atoms with van der Waals surface area (Å²) >= 11 is 4.63. The van der Waals surface area contributed by atoms with E-state index in [2.05, 4.69) is 64.2 Å². The summed E-state index contributed by atoms with van der Waals surface area (Å²) in [6, 6.07) is 4.29. The molecule has 0 amide bonds. The van der Waals surface area contributed by atoms with Gasteiger partial charge in [0, 0.05) is 3.57 Å². The van der Waals surface area contributed by atoms with Gasteiger partial charge in [0.15, 0.2) is 0 Å². The summed E-state index contributed by atoms with van der Waals surface area (Å²) in [5.41, 5.74) is 1.29. The Hall–Kier alpha value is 0.480. The molecule has 0 aliphatic heterocycles. The van der Waals surface area contributed by atoms with Crippen LogP contribution in [-0.2, 0) is 6.42 Å². The van der Waals surface area contributed by atoms with Gasteiger partial charge in [-0.2, -0.15) is 0 Å². The first-order chi connectivity index (χ1) is 5.69. The summed E-state index contributed by atoms with van der Waals surface area (Å²) < 4.78 is 7.78. The molecule has 0 heterocycles. The van der Waals surface area contributed by atoms with Crippen molar-refractivity contribution in [2.75, 3.05) is 7.11 Å². The fourth-order valence-corrected chi connectivity index (χ4v) is 3.29. The van der Waals surface area contributed by atoms with Gasteiger partial charge in [-0.25, -0.2) is 0 Å². The molecule has 0 fully saturated rings. The quantitative estimate of drug-likeness (QED) is 0.706. The standard InChI is InChI=1S/C9H10I2O/c1-3-6-4-7(10)5-8(11)9(6)12-2/h4-5H,3H2,1-2H3. The van der Waals surface area contributed by atoms with Gasteiger partial charge in [0.2, 0.25) is 0 Å². The van der Waals surface area contributed by atoms with E-state index in [9.17, 15) is 0 Å². The van der Waals surface area contributed by atoms with Gasteiger partial charge < -0.3 is 4.74 Å². The van der Waals surface area contributed by atoms with Crippen LogP contribution >= 0.6 is 45.2 Å². The highest BCUT2D eigenvalue weighted by atomic mass is 127. The van der Waals surface area contributed by atoms with Gasteiger partial charge in [-0.05, 0) is 69.3 Å². The summed E-state index contributed by atoms with van der Waals surface area (Å²) in [5.74, 6) is 1.03. The summed E-state index contributed by atoms with van der Waals surface area (Å²) in [5, 5.41) is 0. The van der Waals surface area contributed by atoms with Gasteiger partial charge in [-0.15, -0.1) is 0 Å². The monoisotopic (exact) mass is 388 g/mol. The second-order valence-electron chi connectivity index (χ2n) is 2.43. The lowest BCUT2D eigenvalue weighted by molar-refractivity contribution is 0.407. The smallest absolute Gasteiger partial charge is 0.135 e. The Balaban J connectivity index is 3.24. The number of halogens is 2. The van der Waals surface area contributed by atoms with Crippen LogP contribution in [0.25, 0.3) is 0 Å². The number of ether oxygens (including phenoxy) is 1. The fourth-order valence-electron chi connectivity index (χ4n) is 1.10. The minimum atomic E-state index is 1.02. The zero-order chi connectivity index (χ0) is 9.14. The SMILES string of the molecule is CCc1cc(I)cc(I)c1OC. The highest BCUT2D eigenvalue weighted by molar-refractivity contribution is 14.1. The zero-order valence-corrected chi connectivity index (χ0v) is 11.3. The first-order valence-electron chi connectivity index (χ1n) is 3.71. The predicted octanol–water partition coefficient (Wildman–Crippen LogP) is 3.47. The summed E-state index contributed by atoms with van der Waals surface area (Å²) in [7, 11) is 1.73. The van der Waals surface area contributed by atoms with Crippen LogP contribution in [0.3, 0.4) is 0 Å². The van der Waals surface area contributed by atoms with Crippen molar-refractivity contribution < 1.29 is 4.74 Å². The Labute approximate surface area is 100 Å². The highest BCUT2D eigenvalue weighted by Gasteiger charge is 2.06. The molecule has 0 radical (unpaired) electrons. The van der Waals surface area contributed by atoms with E-state index >= 15 is 0 Å². The molecule has 0 aliphatic carbocycles. The molecule has 1 nitrogen and oxygen atoms in total. The molecule has 0 bridgehead atoms. The number of benzene rings is 1. The molecule has 0 saturated carbocycles. The number of rotatable bonds is 2. The number of methoxy groups -OCH3 is 1. The van der Waals surface area contributed by atoms with Crippen molar-refractivity contribution in [3.63, 3.8) is 0 Å². The lowest BCUT2D eigenvalue weighted by Crippen LogP contribution is -1.94. The second kappa shape index (κ2) is 4.64. The molecule has 0 spiro atoms. The minimum Gasteiger partial charge on any atom is -0.495 e. The van der Waals surface area contributed by atoms with Gasteiger partial charge in [0.05, 0.1) is 10.7 Å². The molecular weight excluding hydrogens is 378 g/mol. The molecule has 1 rings (SSSR count). The van der Waals surface area contributed by atoms with Crippen molar-refractivity contribution in [1.82, 2.24) is 0 Å². The van der Waals surface area contributed by atoms with Gasteiger partial charge in [0.1, 0.15) is 5.75 Å². The largest absolute Gasteiger partial charge is 0.495 e. The lowest BCUT2D eigenvalue weighted by atomic mass is 10.1. The normalized spacial score (nSPS) is 10.0. The van der Waals surface area contributed by atoms with Crippen LogP contribution in [-0.4, -0.2) is 7.11 Å². The van der Waals surface area contributed by atoms with Crippen molar-refractivity contribution in [2.45, 2.75) is 13.3 Å². The van der Waals surface area contributed by atoms with E-state index in [-0.39, 0.29) is 0 Å². The number of hydrogen-bond donors (Lipinski definition) is 0. The number of hydrogen-bond acceptors (Lipinski definition) is 1. The van der Waals surface area contributed by atoms with E-state index in [0.29, 0.717) is 0 Å². The molecule has 0 atom stereocenters. The second-order valence-corrected chi connectivity index (χ2v) is 4.84. The van der Waals surface area contributed by atoms with Crippen molar-refractivity contribution in [2.24, 2.45) is 0 Å². The molecule has 3 heteroatoms. The first-order valence-corrected chi connectivity index (χ1v) is 5.86. The molecule has 0 unspecified atom stereocenters. The van der Waals surface area contributed by atoms with Gasteiger partial charge >= 0.3 is 0 Å². The summed E-state index contributed by atoms with van der Waals surface area (Å²) in [6.45, 7) is 2.14. The van der Waals surface area contributed by atoms with Crippen LogP contribution in [0, 0.1) is 7.14 Å². The maximum atomic E-state index is 5.31. The fraction of sp³-hybridized carbons (Fsp3) is 0.333. The van der Waals surface area contributed by atoms with E-state index in [1.807, 2.05) is 0 Å². The number of aryl methyl sites for hydroxylation is 1. The molecule has 0 aromatic heterocycles. The van der Waals surface area contributed by atoms with Crippen LogP contribution in [0.15, 0.2) is 12.1 Å². The molecule has 66 valence electrons. The van der Waals surface area contributed by atoms with Crippen LogP contribution < -0.4 is 4.74 Å². The van der Waals surface area contributed by atoms with E-state index in [4.69, 9.17) is 4.74 Å². The maximum absolute atomic E-state index is 5.31. The van der Waals surface area contributed by atoms with Gasteiger partial charge in [-0.3, -0.25) is 0 Å². The van der Waals surface area contributed by atoms with Gasteiger partial charge in [-0.1, -0.05) is 6.92 Å².